The van der Waals surface area contributed by atoms with Crippen molar-refractivity contribution in [3.63, 3.8) is 0 Å². The van der Waals surface area contributed by atoms with Crippen molar-refractivity contribution in [2.45, 2.75) is 34.2 Å². The highest BCUT2D eigenvalue weighted by Gasteiger charge is 2.18. The lowest BCUT2D eigenvalue weighted by Crippen LogP contribution is -2.02. The van der Waals surface area contributed by atoms with Gasteiger partial charge in [-0.15, -0.1) is 0 Å². The topological polar surface area (TPSA) is 77.0 Å². The summed E-state index contributed by atoms with van der Waals surface area (Å²) in [7, 11) is 0. The second-order valence-corrected chi connectivity index (χ2v) is 8.61. The summed E-state index contributed by atoms with van der Waals surface area (Å²) in [6.07, 6.45) is 0. The molecule has 0 radical (unpaired) electrons. The van der Waals surface area contributed by atoms with Gasteiger partial charge in [0, 0.05) is 28.2 Å². The van der Waals surface area contributed by atoms with E-state index >= 15 is 0 Å². The fourth-order valence-corrected chi connectivity index (χ4v) is 4.46. The fourth-order valence-electron chi connectivity index (χ4n) is 4.24. The molecule has 0 aliphatic carbocycles. The number of nitrogens with zero attached hydrogens (tertiary/aromatic N) is 3. The first-order chi connectivity index (χ1) is 15.9. The molecule has 0 aliphatic heterocycles. The average molecular weight is 459 g/mol. The Morgan fingerprint density at radius 3 is 2.24 bits per heavy atom. The first-order valence-corrected chi connectivity index (χ1v) is 11.1. The second-order valence-electron chi connectivity index (χ2n) is 8.17. The number of hydrogen-bond acceptors (Lipinski definition) is 6. The Morgan fingerprint density at radius 2 is 1.58 bits per heavy atom. The van der Waals surface area contributed by atoms with E-state index in [2.05, 4.69) is 33.8 Å². The first kappa shape index (κ1) is 21.2. The van der Waals surface area contributed by atoms with E-state index in [9.17, 15) is 0 Å². The van der Waals surface area contributed by atoms with E-state index < -0.39 is 0 Å². The Labute approximate surface area is 196 Å². The van der Waals surface area contributed by atoms with Crippen molar-refractivity contribution in [3.8, 4) is 22.4 Å². The van der Waals surface area contributed by atoms with Crippen LogP contribution in [0.5, 0.6) is 0 Å². The van der Waals surface area contributed by atoms with Crippen LogP contribution in [0.15, 0.2) is 57.6 Å². The molecule has 7 heteroatoms. The molecule has 2 aromatic carbocycles. The molecule has 0 saturated heterocycles. The number of benzene rings is 2. The summed E-state index contributed by atoms with van der Waals surface area (Å²) >= 11 is 6.19. The van der Waals surface area contributed by atoms with Crippen molar-refractivity contribution in [1.29, 1.82) is 0 Å². The molecule has 6 nitrogen and oxygen atoms in total. The molecule has 166 valence electrons. The van der Waals surface area contributed by atoms with Gasteiger partial charge in [-0.05, 0) is 69.2 Å². The van der Waals surface area contributed by atoms with Gasteiger partial charge in [0.2, 0.25) is 0 Å². The quantitative estimate of drug-likeness (QED) is 0.304. The van der Waals surface area contributed by atoms with Crippen LogP contribution in [0.2, 0.25) is 5.02 Å². The van der Waals surface area contributed by atoms with Gasteiger partial charge in [0.15, 0.2) is 0 Å². The summed E-state index contributed by atoms with van der Waals surface area (Å²) < 4.78 is 10.8. The van der Waals surface area contributed by atoms with Crippen LogP contribution in [0.25, 0.3) is 33.3 Å². The lowest BCUT2D eigenvalue weighted by molar-refractivity contribution is 0.393. The van der Waals surface area contributed by atoms with E-state index in [0.29, 0.717) is 11.6 Å². The molecule has 0 spiro atoms. The number of hydrogen-bond donors (Lipinski definition) is 1. The molecule has 0 amide bonds. The Bertz CT molecular complexity index is 1450. The minimum absolute atomic E-state index is 0.621. The van der Waals surface area contributed by atoms with Crippen LogP contribution in [0, 0.1) is 27.7 Å². The highest BCUT2D eigenvalue weighted by molar-refractivity contribution is 6.30. The van der Waals surface area contributed by atoms with E-state index in [1.807, 2.05) is 58.0 Å². The van der Waals surface area contributed by atoms with Crippen LogP contribution in [0.4, 0.5) is 5.69 Å². The second kappa shape index (κ2) is 8.37. The highest BCUT2D eigenvalue weighted by atomic mass is 35.5. The van der Waals surface area contributed by atoms with E-state index in [0.717, 1.165) is 67.4 Å². The van der Waals surface area contributed by atoms with Crippen LogP contribution in [-0.4, -0.2) is 15.3 Å². The molecule has 0 bridgehead atoms. The third kappa shape index (κ3) is 3.98. The number of rotatable bonds is 5. The third-order valence-corrected chi connectivity index (χ3v) is 6.03. The van der Waals surface area contributed by atoms with E-state index in [1.165, 1.54) is 0 Å². The minimum atomic E-state index is 0.621. The summed E-state index contributed by atoms with van der Waals surface area (Å²) in [5, 5.41) is 13.5. The molecule has 1 N–H and O–H groups in total. The predicted octanol–water partition coefficient (Wildman–Crippen LogP) is 7.04. The van der Waals surface area contributed by atoms with Gasteiger partial charge in [-0.25, -0.2) is 4.98 Å². The Hall–Kier alpha value is -3.64. The summed E-state index contributed by atoms with van der Waals surface area (Å²) in [6.45, 7) is 8.33. The number of halogens is 1. The molecule has 3 aromatic heterocycles. The number of aryl methyl sites for hydroxylation is 4. The number of aromatic nitrogens is 3. The number of fused-ring (bicyclic) bond motifs is 1. The van der Waals surface area contributed by atoms with Gasteiger partial charge in [0.25, 0.3) is 0 Å². The zero-order valence-electron chi connectivity index (χ0n) is 18.9. The minimum Gasteiger partial charge on any atom is -0.380 e. The molecule has 0 aliphatic rings. The van der Waals surface area contributed by atoms with Crippen molar-refractivity contribution < 1.29 is 9.05 Å². The molecule has 5 rings (SSSR count). The standard InChI is InChI=1S/C26H23ClN4O2/c1-14-25(16(3)32-30-14)19-8-9-22-21(11-19)23(28-13-18-6-5-7-20(27)10-18)12-24(29-22)26-15(2)31-33-17(26)4/h5-12H,13H2,1-4H3,(H,28,29). The monoisotopic (exact) mass is 458 g/mol. The van der Waals surface area contributed by atoms with Gasteiger partial charge in [0.05, 0.1) is 28.2 Å². The number of pyridine rings is 1. The van der Waals surface area contributed by atoms with Gasteiger partial charge >= 0.3 is 0 Å². The van der Waals surface area contributed by atoms with Gasteiger partial charge < -0.3 is 14.4 Å². The lowest BCUT2D eigenvalue weighted by atomic mass is 10.00. The number of nitrogens with one attached hydrogen (secondary N) is 1. The van der Waals surface area contributed by atoms with Gasteiger partial charge in [-0.3, -0.25) is 0 Å². The third-order valence-electron chi connectivity index (χ3n) is 5.79. The largest absolute Gasteiger partial charge is 0.380 e. The molecule has 5 aromatic rings. The van der Waals surface area contributed by atoms with E-state index in [-0.39, 0.29) is 0 Å². The zero-order chi connectivity index (χ0) is 23.1. The number of anilines is 1. The lowest BCUT2D eigenvalue weighted by Gasteiger charge is -2.14. The van der Waals surface area contributed by atoms with Crippen molar-refractivity contribution in [2.75, 3.05) is 5.32 Å². The molecule has 33 heavy (non-hydrogen) atoms. The van der Waals surface area contributed by atoms with Crippen molar-refractivity contribution >= 4 is 28.2 Å². The van der Waals surface area contributed by atoms with Crippen molar-refractivity contribution in [2.24, 2.45) is 0 Å². The zero-order valence-corrected chi connectivity index (χ0v) is 19.6. The van der Waals surface area contributed by atoms with Crippen LogP contribution in [0.3, 0.4) is 0 Å². The van der Waals surface area contributed by atoms with Gasteiger partial charge in [-0.2, -0.15) is 0 Å². The molecule has 0 saturated carbocycles. The molecule has 0 atom stereocenters. The summed E-state index contributed by atoms with van der Waals surface area (Å²) in [5.74, 6) is 1.54. The summed E-state index contributed by atoms with van der Waals surface area (Å²) in [5.41, 5.74) is 8.38. The van der Waals surface area contributed by atoms with Crippen LogP contribution >= 0.6 is 11.6 Å². The maximum Gasteiger partial charge on any atom is 0.143 e. The average Bonchev–Trinajstić information content (AvgIpc) is 3.31. The Morgan fingerprint density at radius 1 is 0.848 bits per heavy atom. The highest BCUT2D eigenvalue weighted by Crippen LogP contribution is 2.35. The van der Waals surface area contributed by atoms with Crippen molar-refractivity contribution in [3.05, 3.63) is 82.0 Å². The summed E-state index contributed by atoms with van der Waals surface area (Å²) in [4.78, 5) is 4.94. The Kier molecular flexibility index (Phi) is 5.38. The van der Waals surface area contributed by atoms with Gasteiger partial charge in [-0.1, -0.05) is 40.1 Å². The SMILES string of the molecule is Cc1noc(C)c1-c1ccc2nc(-c3c(C)noc3C)cc(NCc3cccc(Cl)c3)c2c1. The maximum atomic E-state index is 6.19. The smallest absolute Gasteiger partial charge is 0.143 e. The van der Waals surface area contributed by atoms with Crippen molar-refractivity contribution in [1.82, 2.24) is 15.3 Å². The van der Waals surface area contributed by atoms with Crippen LogP contribution < -0.4 is 5.32 Å². The molecule has 0 fully saturated rings. The van der Waals surface area contributed by atoms with Crippen LogP contribution in [-0.2, 0) is 6.54 Å². The fraction of sp³-hybridized carbons (Fsp3) is 0.192. The molecule has 0 unspecified atom stereocenters. The molecule has 3 heterocycles. The maximum absolute atomic E-state index is 6.19. The molecular formula is C26H23ClN4O2. The van der Waals surface area contributed by atoms with Gasteiger partial charge in [0.1, 0.15) is 11.5 Å². The normalized spacial score (nSPS) is 11.3. The van der Waals surface area contributed by atoms with Crippen LogP contribution in [0.1, 0.15) is 28.5 Å². The van der Waals surface area contributed by atoms with E-state index in [1.54, 1.807) is 0 Å². The molecular weight excluding hydrogens is 436 g/mol. The first-order valence-electron chi connectivity index (χ1n) is 10.7. The van der Waals surface area contributed by atoms with E-state index in [4.69, 9.17) is 25.6 Å². The Balaban J connectivity index is 1.66. The summed E-state index contributed by atoms with van der Waals surface area (Å²) in [6, 6.07) is 16.1. The predicted molar refractivity (Wildman–Crippen MR) is 130 cm³/mol.